The third-order valence-electron chi connectivity index (χ3n) is 0. The van der Waals surface area contributed by atoms with E-state index in [-0.39, 0.29) is 0 Å². The van der Waals surface area contributed by atoms with Gasteiger partial charge in [-0.15, -0.1) is 9.79 Å². The Morgan fingerprint density at radius 3 is 1.71 bits per heavy atom. The van der Waals surface area contributed by atoms with Gasteiger partial charge in [0.15, 0.2) is 0 Å². The molecule has 0 fully saturated rings. The highest BCUT2D eigenvalue weighted by molar-refractivity contribution is 9.09. The van der Waals surface area contributed by atoms with Crippen LogP contribution in [0.25, 0.3) is 0 Å². The van der Waals surface area contributed by atoms with Crippen LogP contribution in [0.3, 0.4) is 0 Å². The van der Waals surface area contributed by atoms with E-state index in [9.17, 15) is 0 Å². The van der Waals surface area contributed by atoms with Crippen molar-refractivity contribution in [2.75, 3.05) is 5.33 Å². The first-order chi connectivity index (χ1) is 3.15. The van der Waals surface area contributed by atoms with E-state index in [0.29, 0.717) is 0 Å². The van der Waals surface area contributed by atoms with Crippen LogP contribution in [0, 0.1) is 0 Å². The lowest BCUT2D eigenvalue weighted by Crippen LogP contribution is -1.38. The molecular weight excluding hydrogens is 183 g/mol. The van der Waals surface area contributed by atoms with E-state index < -0.39 is 8.25 Å². The molecule has 0 radical (unpaired) electrons. The minimum atomic E-state index is -2.87. The zero-order valence-corrected chi connectivity index (χ0v) is 6.32. The lowest BCUT2D eigenvalue weighted by Gasteiger charge is -1.45. The van der Waals surface area contributed by atoms with Crippen molar-refractivity contribution in [3.8, 4) is 0 Å². The summed E-state index contributed by atoms with van der Waals surface area (Å²) in [6.07, 6.45) is 0. The summed E-state index contributed by atoms with van der Waals surface area (Å²) in [5.41, 5.74) is 0. The van der Waals surface area contributed by atoms with E-state index in [1.807, 2.05) is 6.92 Å². The molecule has 0 unspecified atom stereocenters. The Morgan fingerprint density at radius 2 is 1.71 bits per heavy atom. The highest BCUT2D eigenvalue weighted by Gasteiger charge is 1.93. The number of hydrogen-bond acceptors (Lipinski definition) is 1. The Morgan fingerprint density at radius 1 is 1.71 bits per heavy atom. The van der Waals surface area contributed by atoms with Gasteiger partial charge in [-0.25, -0.2) is 0 Å². The average Bonchev–Trinajstić information content (AvgIpc) is 1.33. The van der Waals surface area contributed by atoms with Crippen molar-refractivity contribution < 1.29 is 14.4 Å². The normalized spacial score (nSPS) is 6.29. The Balaban J connectivity index is 0. The summed E-state index contributed by atoms with van der Waals surface area (Å²) in [5, 5.41) is 1.06. The smallest absolute Gasteiger partial charge is 0.134 e. The van der Waals surface area contributed by atoms with Crippen LogP contribution in [0.15, 0.2) is 0 Å². The molecule has 0 aromatic rings. The molecule has 44 valence electrons. The van der Waals surface area contributed by atoms with Crippen LogP contribution < -0.4 is 0 Å². The van der Waals surface area contributed by atoms with Gasteiger partial charge in [-0.2, -0.15) is 0 Å². The molecule has 7 heavy (non-hydrogen) atoms. The third kappa shape index (κ3) is 527. The molecule has 0 amide bonds. The van der Waals surface area contributed by atoms with Crippen molar-refractivity contribution in [3.63, 3.8) is 0 Å². The molecule has 0 bridgehead atoms. The Hall–Kier alpha value is 0.500. The zero-order chi connectivity index (χ0) is 6.28. The maximum atomic E-state index is 8.70. The molecule has 0 aromatic heterocycles. The minimum Gasteiger partial charge on any atom is -0.134 e. The molecule has 0 saturated carbocycles. The molecule has 0 spiro atoms. The number of rotatable bonds is 0. The van der Waals surface area contributed by atoms with Gasteiger partial charge < -0.3 is 0 Å². The van der Waals surface area contributed by atoms with Gasteiger partial charge in [0.25, 0.3) is 0 Å². The molecule has 0 aliphatic heterocycles. The largest absolute Gasteiger partial charge is 0.692 e. The Bertz CT molecular complexity index is 44.2. The second kappa shape index (κ2) is 9.71. The number of alkyl halides is 1. The van der Waals surface area contributed by atoms with Crippen LogP contribution in [0.1, 0.15) is 6.92 Å². The fourth-order valence-corrected chi connectivity index (χ4v) is 0. The first-order valence-electron chi connectivity index (χ1n) is 1.56. The number of hydrogen-bond donors (Lipinski definition) is 2. The Kier molecular flexibility index (Phi) is 14.5. The average molecular weight is 190 g/mol. The van der Waals surface area contributed by atoms with Gasteiger partial charge in [0.2, 0.25) is 0 Å². The first-order valence-corrected chi connectivity index (χ1v) is 3.84. The minimum absolute atomic E-state index is 1.06. The summed E-state index contributed by atoms with van der Waals surface area (Å²) >= 11 is 3.15. The molecule has 0 atom stereocenters. The molecule has 3 nitrogen and oxygen atoms in total. The fourth-order valence-electron chi connectivity index (χ4n) is 0. The molecule has 0 saturated heterocycles. The summed E-state index contributed by atoms with van der Waals surface area (Å²) in [4.78, 5) is 14.2. The van der Waals surface area contributed by atoms with Gasteiger partial charge in [-0.05, 0) is 0 Å². The second-order valence-electron chi connectivity index (χ2n) is 0.520. The standard InChI is InChI=1S/C2H5Br.HO3P/c1-2-3;1-4(2)3/h2H2,1H3;(H-,1,2,3)/p+1. The molecule has 0 aliphatic rings. The van der Waals surface area contributed by atoms with E-state index in [4.69, 9.17) is 14.4 Å². The number of halogens is 1. The van der Waals surface area contributed by atoms with Crippen LogP contribution >= 0.6 is 24.2 Å². The van der Waals surface area contributed by atoms with E-state index >= 15 is 0 Å². The second-order valence-corrected chi connectivity index (χ2v) is 2.15. The van der Waals surface area contributed by atoms with Gasteiger partial charge >= 0.3 is 8.25 Å². The Labute approximate surface area is 51.4 Å². The summed E-state index contributed by atoms with van der Waals surface area (Å²) in [7, 11) is -2.87. The van der Waals surface area contributed by atoms with E-state index in [0.717, 1.165) is 5.33 Å². The maximum Gasteiger partial charge on any atom is 0.692 e. The monoisotopic (exact) mass is 189 g/mol. The molecule has 0 heterocycles. The molecule has 2 N–H and O–H groups in total. The summed E-state index contributed by atoms with van der Waals surface area (Å²) in [6.45, 7) is 2.04. The topological polar surface area (TPSA) is 57.5 Å². The third-order valence-corrected chi connectivity index (χ3v) is 0. The van der Waals surface area contributed by atoms with Gasteiger partial charge in [-0.3, -0.25) is 0 Å². The quantitative estimate of drug-likeness (QED) is 0.443. The fraction of sp³-hybridized carbons (Fsp3) is 1.00. The van der Waals surface area contributed by atoms with Crippen LogP contribution in [0.4, 0.5) is 0 Å². The highest BCUT2D eigenvalue weighted by Crippen LogP contribution is 1.98. The van der Waals surface area contributed by atoms with E-state index in [2.05, 4.69) is 15.9 Å². The van der Waals surface area contributed by atoms with E-state index in [1.54, 1.807) is 0 Å². The van der Waals surface area contributed by atoms with Crippen LogP contribution in [0.2, 0.25) is 0 Å². The molecule has 0 aliphatic carbocycles. The lowest BCUT2D eigenvalue weighted by molar-refractivity contribution is 0.405. The van der Waals surface area contributed by atoms with Crippen molar-refractivity contribution in [2.24, 2.45) is 0 Å². The van der Waals surface area contributed by atoms with E-state index in [1.165, 1.54) is 0 Å². The SMILES string of the molecule is CCBr.O=[P+](O)O. The van der Waals surface area contributed by atoms with Crippen molar-refractivity contribution in [3.05, 3.63) is 0 Å². The predicted molar refractivity (Wildman–Crippen MR) is 31.5 cm³/mol. The van der Waals surface area contributed by atoms with Crippen molar-refractivity contribution in [1.82, 2.24) is 0 Å². The molecule has 5 heteroatoms. The summed E-state index contributed by atoms with van der Waals surface area (Å²) < 4.78 is 8.70. The lowest BCUT2D eigenvalue weighted by atomic mass is 11.0. The van der Waals surface area contributed by atoms with Crippen molar-refractivity contribution in [1.29, 1.82) is 0 Å². The van der Waals surface area contributed by atoms with Gasteiger partial charge in [0.1, 0.15) is 0 Å². The summed E-state index contributed by atoms with van der Waals surface area (Å²) in [5.74, 6) is 0. The molecule has 0 aromatic carbocycles. The molecule has 0 rings (SSSR count). The molecular formula is C2H7BrO3P+. The predicted octanol–water partition coefficient (Wildman–Crippen LogP) is 1.03. The van der Waals surface area contributed by atoms with Crippen LogP contribution in [-0.2, 0) is 4.57 Å². The first kappa shape index (κ1) is 10.5. The van der Waals surface area contributed by atoms with Crippen molar-refractivity contribution in [2.45, 2.75) is 6.92 Å². The zero-order valence-electron chi connectivity index (χ0n) is 3.83. The van der Waals surface area contributed by atoms with Gasteiger partial charge in [0.05, 0.1) is 0 Å². The summed E-state index contributed by atoms with van der Waals surface area (Å²) in [6, 6.07) is 0. The van der Waals surface area contributed by atoms with Gasteiger partial charge in [-0.1, -0.05) is 22.9 Å². The highest BCUT2D eigenvalue weighted by atomic mass is 79.9. The van der Waals surface area contributed by atoms with Crippen LogP contribution in [0.5, 0.6) is 0 Å². The van der Waals surface area contributed by atoms with Gasteiger partial charge in [0, 0.05) is 9.90 Å². The maximum absolute atomic E-state index is 8.70. The van der Waals surface area contributed by atoms with Crippen molar-refractivity contribution >= 4 is 24.2 Å². The van der Waals surface area contributed by atoms with Crippen LogP contribution in [-0.4, -0.2) is 15.1 Å².